The fourth-order valence-electron chi connectivity index (χ4n) is 3.64. The van der Waals surface area contributed by atoms with E-state index in [-0.39, 0.29) is 5.70 Å². The van der Waals surface area contributed by atoms with Crippen molar-refractivity contribution >= 4 is 51.7 Å². The Balaban J connectivity index is 1.48. The van der Waals surface area contributed by atoms with E-state index in [1.54, 1.807) is 78.9 Å². The van der Waals surface area contributed by atoms with Crippen molar-refractivity contribution in [2.75, 3.05) is 19.0 Å². The Morgan fingerprint density at radius 1 is 0.805 bits per heavy atom. The van der Waals surface area contributed by atoms with Crippen molar-refractivity contribution in [1.29, 1.82) is 0 Å². The van der Waals surface area contributed by atoms with Crippen molar-refractivity contribution in [3.8, 4) is 5.75 Å². The second kappa shape index (κ2) is 13.9. The number of amides is 2. The minimum atomic E-state index is -0.612. The molecule has 0 fully saturated rings. The average Bonchev–Trinajstić information content (AvgIpc) is 2.97. The van der Waals surface area contributed by atoms with E-state index < -0.39 is 17.8 Å². The number of anilines is 1. The van der Waals surface area contributed by atoms with Crippen LogP contribution in [0.1, 0.15) is 31.8 Å². The first kappa shape index (κ1) is 29.0. The fourth-order valence-corrected chi connectivity index (χ4v) is 4.04. The molecule has 4 aromatic rings. The molecule has 2 N–H and O–H groups in total. The number of nitrogens with zero attached hydrogens (tertiary/aromatic N) is 2. The van der Waals surface area contributed by atoms with Gasteiger partial charge in [0.1, 0.15) is 11.4 Å². The second-order valence-corrected chi connectivity index (χ2v) is 9.95. The molecule has 0 aliphatic carbocycles. The number of rotatable bonds is 9. The van der Waals surface area contributed by atoms with Crippen LogP contribution in [0.25, 0.3) is 6.08 Å². The van der Waals surface area contributed by atoms with Crippen molar-refractivity contribution in [2.45, 2.75) is 0 Å². The molecule has 206 valence electrons. The van der Waals surface area contributed by atoms with Gasteiger partial charge >= 0.3 is 5.97 Å². The van der Waals surface area contributed by atoms with Crippen LogP contribution in [0.5, 0.6) is 5.75 Å². The lowest BCUT2D eigenvalue weighted by Crippen LogP contribution is -2.32. The first-order valence-electron chi connectivity index (χ1n) is 12.6. The summed E-state index contributed by atoms with van der Waals surface area (Å²) in [6.07, 6.45) is 2.99. The van der Waals surface area contributed by atoms with Crippen LogP contribution in [0.15, 0.2) is 118 Å². The lowest BCUT2D eigenvalue weighted by atomic mass is 10.1. The van der Waals surface area contributed by atoms with Gasteiger partial charge in [0.15, 0.2) is 0 Å². The van der Waals surface area contributed by atoms with Gasteiger partial charge in [-0.3, -0.25) is 9.59 Å². The molecular formula is C32H27BrN4O4. The molecule has 0 spiro atoms. The molecule has 0 aliphatic heterocycles. The third kappa shape index (κ3) is 8.48. The summed E-state index contributed by atoms with van der Waals surface area (Å²) in [5.41, 5.74) is 5.59. The summed E-state index contributed by atoms with van der Waals surface area (Å²) in [6, 6.07) is 29.7. The van der Waals surface area contributed by atoms with E-state index in [2.05, 4.69) is 31.8 Å². The molecule has 0 radical (unpaired) electrons. The second-order valence-electron chi connectivity index (χ2n) is 9.04. The minimum Gasteiger partial charge on any atom is -0.423 e. The summed E-state index contributed by atoms with van der Waals surface area (Å²) in [5, 5.41) is 6.72. The zero-order valence-electron chi connectivity index (χ0n) is 22.4. The fraction of sp³-hybridized carbons (Fsp3) is 0.0625. The zero-order chi connectivity index (χ0) is 29.2. The highest BCUT2D eigenvalue weighted by atomic mass is 79.9. The van der Waals surface area contributed by atoms with Crippen molar-refractivity contribution in [3.63, 3.8) is 0 Å². The smallest absolute Gasteiger partial charge is 0.343 e. The van der Waals surface area contributed by atoms with E-state index in [4.69, 9.17) is 4.74 Å². The number of esters is 1. The topological polar surface area (TPSA) is 100 Å². The Labute approximate surface area is 246 Å². The molecule has 0 aromatic heterocycles. The van der Waals surface area contributed by atoms with E-state index in [0.717, 1.165) is 15.7 Å². The largest absolute Gasteiger partial charge is 0.423 e. The van der Waals surface area contributed by atoms with Gasteiger partial charge in [0, 0.05) is 29.8 Å². The van der Waals surface area contributed by atoms with Gasteiger partial charge in [0.25, 0.3) is 11.8 Å². The quantitative estimate of drug-likeness (QED) is 0.0838. The number of hydrazone groups is 1. The molecule has 0 saturated heterocycles. The summed E-state index contributed by atoms with van der Waals surface area (Å²) in [5.74, 6) is -1.22. The van der Waals surface area contributed by atoms with E-state index in [1.807, 2.05) is 49.3 Å². The number of nitrogens with one attached hydrogen (secondary N) is 2. The summed E-state index contributed by atoms with van der Waals surface area (Å²) in [6.45, 7) is 0. The molecule has 9 heteroatoms. The highest BCUT2D eigenvalue weighted by Crippen LogP contribution is 2.17. The number of carbonyl (C=O) groups is 3. The maximum absolute atomic E-state index is 13.1. The van der Waals surface area contributed by atoms with E-state index in [1.165, 1.54) is 6.21 Å². The van der Waals surface area contributed by atoms with Crippen molar-refractivity contribution < 1.29 is 19.1 Å². The molecule has 0 unspecified atom stereocenters. The standard InChI is InChI=1S/C32H27BrN4O4/c1-37(2)27-16-14-22(15-17-27)19-29(35-30(38)24-9-4-3-5-10-24)31(39)36-34-21-23-8-6-13-28(18-23)41-32(40)25-11-7-12-26(33)20-25/h3-21H,1-2H3,(H,35,38)(H,36,39)/b29-19-,34-21-. The molecule has 8 nitrogen and oxygen atoms in total. The number of benzene rings is 4. The molecule has 0 heterocycles. The van der Waals surface area contributed by atoms with E-state index in [9.17, 15) is 14.4 Å². The average molecular weight is 611 g/mol. The first-order valence-corrected chi connectivity index (χ1v) is 13.3. The Hall–Kier alpha value is -5.02. The molecule has 2 amide bonds. The Morgan fingerprint density at radius 3 is 2.22 bits per heavy atom. The van der Waals surface area contributed by atoms with Crippen molar-refractivity contribution in [2.24, 2.45) is 5.10 Å². The number of hydrogen-bond donors (Lipinski definition) is 2. The number of ether oxygens (including phenoxy) is 1. The molecule has 41 heavy (non-hydrogen) atoms. The van der Waals surface area contributed by atoms with Crippen LogP contribution in [-0.2, 0) is 4.79 Å². The zero-order valence-corrected chi connectivity index (χ0v) is 24.0. The minimum absolute atomic E-state index is 0.0188. The molecular weight excluding hydrogens is 584 g/mol. The van der Waals surface area contributed by atoms with E-state index in [0.29, 0.717) is 22.4 Å². The van der Waals surface area contributed by atoms with Gasteiger partial charge in [-0.15, -0.1) is 0 Å². The van der Waals surface area contributed by atoms with Crippen molar-refractivity contribution in [1.82, 2.24) is 10.7 Å². The molecule has 0 bridgehead atoms. The van der Waals surface area contributed by atoms with Crippen LogP contribution in [0.2, 0.25) is 0 Å². The van der Waals surface area contributed by atoms with E-state index >= 15 is 0 Å². The lowest BCUT2D eigenvalue weighted by Gasteiger charge is -2.12. The van der Waals surface area contributed by atoms with Gasteiger partial charge in [0.05, 0.1) is 11.8 Å². The Bertz CT molecular complexity index is 1600. The summed E-state index contributed by atoms with van der Waals surface area (Å²) in [4.78, 5) is 40.3. The normalized spacial score (nSPS) is 11.1. The SMILES string of the molecule is CN(C)c1ccc(/C=C(\NC(=O)c2ccccc2)C(=O)N/N=C\c2cccc(OC(=O)c3cccc(Br)c3)c2)cc1. The Morgan fingerprint density at radius 2 is 1.51 bits per heavy atom. The number of carbonyl (C=O) groups excluding carboxylic acids is 3. The van der Waals surface area contributed by atoms with Gasteiger partial charge < -0.3 is 15.0 Å². The molecule has 0 saturated carbocycles. The first-order chi connectivity index (χ1) is 19.8. The molecule has 0 atom stereocenters. The summed E-state index contributed by atoms with van der Waals surface area (Å²) < 4.78 is 6.23. The third-order valence-electron chi connectivity index (χ3n) is 5.76. The van der Waals surface area contributed by atoms with Crippen LogP contribution in [0.3, 0.4) is 0 Å². The maximum Gasteiger partial charge on any atom is 0.343 e. The van der Waals surface area contributed by atoms with Gasteiger partial charge in [-0.2, -0.15) is 5.10 Å². The van der Waals surface area contributed by atoms with Gasteiger partial charge in [0.2, 0.25) is 0 Å². The van der Waals surface area contributed by atoms with Gasteiger partial charge in [-0.25, -0.2) is 10.2 Å². The van der Waals surface area contributed by atoms with Crippen molar-refractivity contribution in [3.05, 3.63) is 136 Å². The van der Waals surface area contributed by atoms with Gasteiger partial charge in [-0.1, -0.05) is 64.5 Å². The Kier molecular flexibility index (Phi) is 9.80. The highest BCUT2D eigenvalue weighted by Gasteiger charge is 2.15. The highest BCUT2D eigenvalue weighted by molar-refractivity contribution is 9.10. The van der Waals surface area contributed by atoms with Gasteiger partial charge in [-0.05, 0) is 71.8 Å². The number of hydrogen-bond acceptors (Lipinski definition) is 6. The lowest BCUT2D eigenvalue weighted by molar-refractivity contribution is -0.117. The van der Waals surface area contributed by atoms with Crippen LogP contribution < -0.4 is 20.4 Å². The summed E-state index contributed by atoms with van der Waals surface area (Å²) in [7, 11) is 3.87. The maximum atomic E-state index is 13.1. The summed E-state index contributed by atoms with van der Waals surface area (Å²) >= 11 is 3.34. The molecule has 4 rings (SSSR count). The monoisotopic (exact) mass is 610 g/mol. The predicted molar refractivity (Wildman–Crippen MR) is 164 cm³/mol. The van der Waals surface area contributed by atoms with Crippen LogP contribution in [0.4, 0.5) is 5.69 Å². The van der Waals surface area contributed by atoms with Crippen LogP contribution in [-0.4, -0.2) is 38.1 Å². The van der Waals surface area contributed by atoms with Crippen LogP contribution >= 0.6 is 15.9 Å². The third-order valence-corrected chi connectivity index (χ3v) is 6.25. The molecule has 0 aliphatic rings. The number of halogens is 1. The predicted octanol–water partition coefficient (Wildman–Crippen LogP) is 5.66. The van der Waals surface area contributed by atoms with Crippen LogP contribution in [0, 0.1) is 0 Å². The molecule has 4 aromatic carbocycles.